The third-order valence-corrected chi connectivity index (χ3v) is 4.23. The Kier molecular flexibility index (Phi) is 7.57. The van der Waals surface area contributed by atoms with Gasteiger partial charge in [-0.3, -0.25) is 25.2 Å². The molecule has 0 aromatic heterocycles. The topological polar surface area (TPSA) is 87.3 Å². The van der Waals surface area contributed by atoms with Crippen molar-refractivity contribution in [3.05, 3.63) is 71.7 Å². The molecule has 0 radical (unpaired) electrons. The maximum Gasteiger partial charge on any atom is 0.286 e. The molecule has 0 spiro atoms. The molecule has 0 atom stereocenters. The average molecular weight is 387 g/mol. The molecule has 2 aromatic carbocycles. The van der Waals surface area contributed by atoms with Gasteiger partial charge in [0.25, 0.3) is 5.91 Å². The number of carbonyl (C=O) groups is 3. The summed E-state index contributed by atoms with van der Waals surface area (Å²) in [6.45, 7) is 1.27. The van der Waals surface area contributed by atoms with E-state index in [9.17, 15) is 18.8 Å². The summed E-state index contributed by atoms with van der Waals surface area (Å²) in [6, 6.07) is 15.0. The van der Waals surface area contributed by atoms with Gasteiger partial charge in [-0.25, -0.2) is 4.39 Å². The van der Waals surface area contributed by atoms with Crippen LogP contribution in [0.2, 0.25) is 0 Å². The number of thioether (sulfide) groups is 1. The molecular formula is C19H18FN3O3S. The molecule has 0 bridgehead atoms. The van der Waals surface area contributed by atoms with Gasteiger partial charge in [-0.05, 0) is 23.8 Å². The minimum absolute atomic E-state index is 0.0178. The molecule has 27 heavy (non-hydrogen) atoms. The molecule has 0 aliphatic heterocycles. The van der Waals surface area contributed by atoms with Gasteiger partial charge in [-0.15, -0.1) is 11.8 Å². The van der Waals surface area contributed by atoms with E-state index < -0.39 is 23.5 Å². The lowest BCUT2D eigenvalue weighted by atomic mass is 10.2. The van der Waals surface area contributed by atoms with Gasteiger partial charge in [0.15, 0.2) is 0 Å². The van der Waals surface area contributed by atoms with Gasteiger partial charge in [-0.1, -0.05) is 42.5 Å². The number of hydrazine groups is 1. The van der Waals surface area contributed by atoms with Gasteiger partial charge in [0.05, 0.1) is 5.75 Å². The van der Waals surface area contributed by atoms with E-state index in [0.717, 1.165) is 11.8 Å². The highest BCUT2D eigenvalue weighted by molar-refractivity contribution is 8.00. The Balaban J connectivity index is 1.92. The van der Waals surface area contributed by atoms with Crippen LogP contribution < -0.4 is 16.2 Å². The summed E-state index contributed by atoms with van der Waals surface area (Å²) in [4.78, 5) is 35.8. The van der Waals surface area contributed by atoms with E-state index in [4.69, 9.17) is 0 Å². The molecule has 0 aliphatic rings. The van der Waals surface area contributed by atoms with Crippen LogP contribution in [0.5, 0.6) is 0 Å². The van der Waals surface area contributed by atoms with Crippen LogP contribution in [-0.2, 0) is 14.4 Å². The summed E-state index contributed by atoms with van der Waals surface area (Å²) < 4.78 is 13.5. The van der Waals surface area contributed by atoms with Crippen LogP contribution in [0.4, 0.5) is 4.39 Å². The van der Waals surface area contributed by atoms with Gasteiger partial charge in [0.2, 0.25) is 11.8 Å². The molecule has 0 saturated heterocycles. The first-order valence-electron chi connectivity index (χ1n) is 7.96. The number of amides is 3. The first kappa shape index (κ1) is 20.2. The van der Waals surface area contributed by atoms with Gasteiger partial charge in [0.1, 0.15) is 11.5 Å². The van der Waals surface area contributed by atoms with Crippen molar-refractivity contribution < 1.29 is 18.8 Å². The van der Waals surface area contributed by atoms with Gasteiger partial charge >= 0.3 is 0 Å². The molecule has 140 valence electrons. The molecule has 0 saturated carbocycles. The lowest BCUT2D eigenvalue weighted by molar-refractivity contribution is -0.126. The van der Waals surface area contributed by atoms with E-state index in [1.165, 1.54) is 19.1 Å². The largest absolute Gasteiger partial charge is 0.322 e. The van der Waals surface area contributed by atoms with E-state index in [0.29, 0.717) is 10.5 Å². The van der Waals surface area contributed by atoms with Crippen LogP contribution in [0.3, 0.4) is 0 Å². The summed E-state index contributed by atoms with van der Waals surface area (Å²) in [7, 11) is 0. The second kappa shape index (κ2) is 10.1. The molecule has 0 fully saturated rings. The van der Waals surface area contributed by atoms with Crippen molar-refractivity contribution in [1.82, 2.24) is 16.2 Å². The van der Waals surface area contributed by atoms with Crippen molar-refractivity contribution in [3.63, 3.8) is 0 Å². The fraction of sp³-hybridized carbons (Fsp3) is 0.105. The average Bonchev–Trinajstić information content (AvgIpc) is 2.65. The number of hydrogen-bond donors (Lipinski definition) is 3. The van der Waals surface area contributed by atoms with Crippen LogP contribution in [-0.4, -0.2) is 23.5 Å². The van der Waals surface area contributed by atoms with Crippen LogP contribution in [0.25, 0.3) is 6.08 Å². The van der Waals surface area contributed by atoms with Crippen molar-refractivity contribution in [1.29, 1.82) is 0 Å². The van der Waals surface area contributed by atoms with E-state index in [1.54, 1.807) is 42.5 Å². The van der Waals surface area contributed by atoms with Gasteiger partial charge in [-0.2, -0.15) is 0 Å². The van der Waals surface area contributed by atoms with Gasteiger partial charge < -0.3 is 5.32 Å². The normalized spacial score (nSPS) is 10.8. The Morgan fingerprint density at radius 1 is 1.00 bits per heavy atom. The van der Waals surface area contributed by atoms with Crippen molar-refractivity contribution >= 4 is 35.6 Å². The predicted octanol–water partition coefficient (Wildman–Crippen LogP) is 2.24. The third kappa shape index (κ3) is 6.95. The van der Waals surface area contributed by atoms with Crippen molar-refractivity contribution in [2.75, 3.05) is 5.75 Å². The Morgan fingerprint density at radius 2 is 1.67 bits per heavy atom. The fourth-order valence-corrected chi connectivity index (χ4v) is 2.74. The molecule has 2 rings (SSSR count). The minimum Gasteiger partial charge on any atom is -0.322 e. The number of halogens is 1. The zero-order valence-electron chi connectivity index (χ0n) is 14.5. The molecule has 0 aliphatic carbocycles. The van der Waals surface area contributed by atoms with E-state index >= 15 is 0 Å². The zero-order chi connectivity index (χ0) is 19.6. The Bertz CT molecular complexity index is 856. The molecule has 3 N–H and O–H groups in total. The Hall–Kier alpha value is -3.13. The van der Waals surface area contributed by atoms with Crippen LogP contribution in [0.15, 0.2) is 65.2 Å². The quantitative estimate of drug-likeness (QED) is 0.403. The maximum atomic E-state index is 13.5. The highest BCUT2D eigenvalue weighted by Gasteiger charge is 2.13. The summed E-state index contributed by atoms with van der Waals surface area (Å²) in [5.74, 6) is -2.12. The highest BCUT2D eigenvalue weighted by atomic mass is 32.2. The number of carbonyl (C=O) groups excluding carboxylic acids is 3. The predicted molar refractivity (Wildman–Crippen MR) is 102 cm³/mol. The summed E-state index contributed by atoms with van der Waals surface area (Å²) in [5.41, 5.74) is 5.16. The second-order valence-electron chi connectivity index (χ2n) is 5.37. The third-order valence-electron chi connectivity index (χ3n) is 3.18. The number of hydrogen-bond acceptors (Lipinski definition) is 4. The first-order valence-corrected chi connectivity index (χ1v) is 8.95. The zero-order valence-corrected chi connectivity index (χ0v) is 15.3. The maximum absolute atomic E-state index is 13.5. The Morgan fingerprint density at radius 3 is 2.33 bits per heavy atom. The monoisotopic (exact) mass is 387 g/mol. The van der Waals surface area contributed by atoms with Crippen LogP contribution in [0, 0.1) is 5.82 Å². The standard InChI is InChI=1S/C19H18FN3O3S/c1-13(24)21-16(11-14-7-3-2-4-8-14)19(26)23-22-18(25)12-27-17-10-6-5-9-15(17)20/h2-11H,12H2,1H3,(H,21,24)(H,22,25)(H,23,26)/b16-11-. The van der Waals surface area contributed by atoms with Crippen molar-refractivity contribution in [3.8, 4) is 0 Å². The van der Waals surface area contributed by atoms with Crippen molar-refractivity contribution in [2.24, 2.45) is 0 Å². The fourth-order valence-electron chi connectivity index (χ4n) is 2.00. The van der Waals surface area contributed by atoms with E-state index in [1.807, 2.05) is 6.07 Å². The lowest BCUT2D eigenvalue weighted by Crippen LogP contribution is -2.45. The highest BCUT2D eigenvalue weighted by Crippen LogP contribution is 2.20. The van der Waals surface area contributed by atoms with Crippen molar-refractivity contribution in [2.45, 2.75) is 11.8 Å². The number of rotatable bonds is 6. The molecule has 3 amide bonds. The smallest absolute Gasteiger partial charge is 0.286 e. The molecule has 0 unspecified atom stereocenters. The molecule has 0 heterocycles. The first-order chi connectivity index (χ1) is 13.0. The van der Waals surface area contributed by atoms with Gasteiger partial charge in [0, 0.05) is 11.8 Å². The number of benzene rings is 2. The summed E-state index contributed by atoms with van der Waals surface area (Å²) >= 11 is 1.01. The summed E-state index contributed by atoms with van der Waals surface area (Å²) in [5, 5.41) is 2.42. The lowest BCUT2D eigenvalue weighted by Gasteiger charge is -2.11. The summed E-state index contributed by atoms with van der Waals surface area (Å²) in [6.07, 6.45) is 1.48. The SMILES string of the molecule is CC(=O)N/C(=C\c1ccccc1)C(=O)NNC(=O)CSc1ccccc1F. The molecular weight excluding hydrogens is 369 g/mol. The van der Waals surface area contributed by atoms with E-state index in [-0.39, 0.29) is 11.4 Å². The van der Waals surface area contributed by atoms with Crippen LogP contribution in [0.1, 0.15) is 12.5 Å². The molecule has 6 nitrogen and oxygen atoms in total. The van der Waals surface area contributed by atoms with E-state index in [2.05, 4.69) is 16.2 Å². The minimum atomic E-state index is -0.682. The molecule has 8 heteroatoms. The molecule has 2 aromatic rings. The van der Waals surface area contributed by atoms with Crippen LogP contribution >= 0.6 is 11.8 Å². The Labute approximate surface area is 160 Å². The second-order valence-corrected chi connectivity index (χ2v) is 6.39. The number of nitrogens with one attached hydrogen (secondary N) is 3.